The molecule has 1 fully saturated rings. The number of hydrazone groups is 1. The Morgan fingerprint density at radius 1 is 1.05 bits per heavy atom. The number of carbonyl (C=O) groups excluding carboxylic acids is 2. The molecule has 2 amide bonds. The highest BCUT2D eigenvalue weighted by molar-refractivity contribution is 5.96. The molecule has 1 saturated carbocycles. The van der Waals surface area contributed by atoms with Gasteiger partial charge in [-0.2, -0.15) is 5.10 Å². The molecule has 0 aromatic heterocycles. The first-order valence-electron chi connectivity index (χ1n) is 6.93. The van der Waals surface area contributed by atoms with Crippen LogP contribution in [0, 0.1) is 0 Å². The Labute approximate surface area is 118 Å². The Bertz CT molecular complexity index is 489. The summed E-state index contributed by atoms with van der Waals surface area (Å²) >= 11 is 0. The van der Waals surface area contributed by atoms with Gasteiger partial charge in [0.2, 0.25) is 0 Å². The maximum Gasteiger partial charge on any atom is 0.259 e. The fourth-order valence-electron chi connectivity index (χ4n) is 2.10. The van der Waals surface area contributed by atoms with Crippen molar-refractivity contribution in [1.29, 1.82) is 0 Å². The van der Waals surface area contributed by atoms with Crippen molar-refractivity contribution in [3.63, 3.8) is 0 Å². The molecule has 0 radical (unpaired) electrons. The van der Waals surface area contributed by atoms with Gasteiger partial charge in [-0.15, -0.1) is 0 Å². The van der Waals surface area contributed by atoms with Crippen molar-refractivity contribution in [2.24, 2.45) is 5.10 Å². The molecule has 106 valence electrons. The Hall–Kier alpha value is -2.17. The molecule has 0 spiro atoms. The molecule has 0 saturated heterocycles. The summed E-state index contributed by atoms with van der Waals surface area (Å²) in [6.45, 7) is -0.0650. The van der Waals surface area contributed by atoms with Crippen LogP contribution < -0.4 is 10.7 Å². The van der Waals surface area contributed by atoms with Crippen molar-refractivity contribution in [2.45, 2.75) is 32.1 Å². The summed E-state index contributed by atoms with van der Waals surface area (Å²) in [4.78, 5) is 23.3. The molecular weight excluding hydrogens is 254 g/mol. The van der Waals surface area contributed by atoms with Gasteiger partial charge >= 0.3 is 0 Å². The van der Waals surface area contributed by atoms with E-state index >= 15 is 0 Å². The molecule has 0 aliphatic heterocycles. The molecule has 5 heteroatoms. The lowest BCUT2D eigenvalue weighted by molar-refractivity contribution is -0.120. The van der Waals surface area contributed by atoms with Crippen LogP contribution in [0.15, 0.2) is 35.4 Å². The summed E-state index contributed by atoms with van der Waals surface area (Å²) in [5, 5.41) is 6.67. The zero-order valence-corrected chi connectivity index (χ0v) is 11.4. The Morgan fingerprint density at radius 2 is 1.75 bits per heavy atom. The third-order valence-electron chi connectivity index (χ3n) is 3.21. The van der Waals surface area contributed by atoms with E-state index in [0.29, 0.717) is 5.56 Å². The third-order valence-corrected chi connectivity index (χ3v) is 3.21. The number of hydrogen-bond acceptors (Lipinski definition) is 3. The lowest BCUT2D eigenvalue weighted by Crippen LogP contribution is -2.35. The van der Waals surface area contributed by atoms with Gasteiger partial charge < -0.3 is 5.32 Å². The second-order valence-electron chi connectivity index (χ2n) is 4.82. The number of hydrogen-bond donors (Lipinski definition) is 2. The van der Waals surface area contributed by atoms with Gasteiger partial charge in [0, 0.05) is 11.3 Å². The second kappa shape index (κ2) is 7.43. The van der Waals surface area contributed by atoms with Gasteiger partial charge in [0.25, 0.3) is 11.8 Å². The highest BCUT2D eigenvalue weighted by Gasteiger charge is 2.09. The molecule has 0 heterocycles. The first kappa shape index (κ1) is 14.2. The van der Waals surface area contributed by atoms with Crippen LogP contribution in [0.5, 0.6) is 0 Å². The normalized spacial score (nSPS) is 14.5. The Morgan fingerprint density at radius 3 is 2.45 bits per heavy atom. The molecule has 1 aromatic rings. The molecule has 2 N–H and O–H groups in total. The molecule has 1 aliphatic carbocycles. The van der Waals surface area contributed by atoms with Gasteiger partial charge in [-0.05, 0) is 37.8 Å². The van der Waals surface area contributed by atoms with Gasteiger partial charge in [0.05, 0.1) is 6.54 Å². The van der Waals surface area contributed by atoms with Crippen LogP contribution in [-0.4, -0.2) is 24.1 Å². The zero-order chi connectivity index (χ0) is 14.2. The number of carbonyl (C=O) groups is 2. The molecule has 1 aromatic carbocycles. The minimum absolute atomic E-state index is 0.0650. The first-order chi connectivity index (χ1) is 9.75. The molecule has 0 bridgehead atoms. The number of benzene rings is 1. The third kappa shape index (κ3) is 4.50. The van der Waals surface area contributed by atoms with Crippen LogP contribution >= 0.6 is 0 Å². The fourth-order valence-corrected chi connectivity index (χ4v) is 2.10. The van der Waals surface area contributed by atoms with Gasteiger partial charge in [0.1, 0.15) is 0 Å². The number of nitrogens with zero attached hydrogens (tertiary/aromatic N) is 1. The van der Waals surface area contributed by atoms with E-state index in [2.05, 4.69) is 15.8 Å². The SMILES string of the molecule is O=C(CNC(=O)c1ccccc1)NN=C1CCCCC1. The summed E-state index contributed by atoms with van der Waals surface area (Å²) in [7, 11) is 0. The first-order valence-corrected chi connectivity index (χ1v) is 6.93. The van der Waals surface area contributed by atoms with E-state index in [1.54, 1.807) is 24.3 Å². The van der Waals surface area contributed by atoms with E-state index in [9.17, 15) is 9.59 Å². The highest BCUT2D eigenvalue weighted by atomic mass is 16.2. The van der Waals surface area contributed by atoms with Gasteiger partial charge in [0.15, 0.2) is 0 Å². The van der Waals surface area contributed by atoms with Crippen LogP contribution in [0.2, 0.25) is 0 Å². The molecule has 1 aliphatic rings. The summed E-state index contributed by atoms with van der Waals surface area (Å²) in [6.07, 6.45) is 5.42. The fraction of sp³-hybridized carbons (Fsp3) is 0.400. The maximum atomic E-state index is 11.7. The van der Waals surface area contributed by atoms with E-state index in [-0.39, 0.29) is 18.4 Å². The topological polar surface area (TPSA) is 70.6 Å². The molecule has 0 unspecified atom stereocenters. The van der Waals surface area contributed by atoms with Crippen molar-refractivity contribution < 1.29 is 9.59 Å². The van der Waals surface area contributed by atoms with Crippen molar-refractivity contribution in [2.75, 3.05) is 6.54 Å². The Kier molecular flexibility index (Phi) is 5.29. The van der Waals surface area contributed by atoms with Crippen LogP contribution in [0.1, 0.15) is 42.5 Å². The van der Waals surface area contributed by atoms with E-state index in [1.165, 1.54) is 6.42 Å². The van der Waals surface area contributed by atoms with Crippen LogP contribution in [-0.2, 0) is 4.79 Å². The standard InChI is InChI=1S/C15H19N3O2/c19-14(18-17-13-9-5-2-6-10-13)11-16-15(20)12-7-3-1-4-8-12/h1,3-4,7-8H,2,5-6,9-11H2,(H,16,20)(H,18,19). The smallest absolute Gasteiger partial charge is 0.259 e. The predicted molar refractivity (Wildman–Crippen MR) is 77.4 cm³/mol. The van der Waals surface area contributed by atoms with Crippen molar-refractivity contribution >= 4 is 17.5 Å². The largest absolute Gasteiger partial charge is 0.343 e. The average Bonchev–Trinajstić information content (AvgIpc) is 2.52. The summed E-state index contributed by atoms with van der Waals surface area (Å²) in [5.74, 6) is -0.557. The van der Waals surface area contributed by atoms with E-state index < -0.39 is 0 Å². The number of amides is 2. The molecule has 5 nitrogen and oxygen atoms in total. The van der Waals surface area contributed by atoms with Gasteiger partial charge in [-0.1, -0.05) is 24.6 Å². The average molecular weight is 273 g/mol. The maximum absolute atomic E-state index is 11.7. The summed E-state index contributed by atoms with van der Waals surface area (Å²) in [6, 6.07) is 8.81. The van der Waals surface area contributed by atoms with Gasteiger partial charge in [-0.25, -0.2) is 5.43 Å². The summed E-state index contributed by atoms with van der Waals surface area (Å²) < 4.78 is 0. The zero-order valence-electron chi connectivity index (χ0n) is 11.4. The van der Waals surface area contributed by atoms with Gasteiger partial charge in [-0.3, -0.25) is 9.59 Å². The lowest BCUT2D eigenvalue weighted by atomic mass is 9.99. The quantitative estimate of drug-likeness (QED) is 0.822. The molecular formula is C15H19N3O2. The number of nitrogens with one attached hydrogen (secondary N) is 2. The van der Waals surface area contributed by atoms with Crippen LogP contribution in [0.4, 0.5) is 0 Å². The van der Waals surface area contributed by atoms with E-state index in [1.807, 2.05) is 6.07 Å². The number of rotatable bonds is 4. The summed E-state index contributed by atoms with van der Waals surface area (Å²) in [5.41, 5.74) is 4.07. The highest BCUT2D eigenvalue weighted by Crippen LogP contribution is 2.14. The van der Waals surface area contributed by atoms with E-state index in [4.69, 9.17) is 0 Å². The predicted octanol–water partition coefficient (Wildman–Crippen LogP) is 1.85. The molecule has 20 heavy (non-hydrogen) atoms. The van der Waals surface area contributed by atoms with E-state index in [0.717, 1.165) is 31.4 Å². The second-order valence-corrected chi connectivity index (χ2v) is 4.82. The minimum atomic E-state index is -0.299. The van der Waals surface area contributed by atoms with Crippen molar-refractivity contribution in [3.8, 4) is 0 Å². The van der Waals surface area contributed by atoms with Crippen LogP contribution in [0.3, 0.4) is 0 Å². The van der Waals surface area contributed by atoms with Crippen molar-refractivity contribution in [1.82, 2.24) is 10.7 Å². The Balaban J connectivity index is 1.73. The lowest BCUT2D eigenvalue weighted by Gasteiger charge is -2.12. The molecule has 0 atom stereocenters. The monoisotopic (exact) mass is 273 g/mol. The molecule has 2 rings (SSSR count). The van der Waals surface area contributed by atoms with Crippen LogP contribution in [0.25, 0.3) is 0 Å². The van der Waals surface area contributed by atoms with Crippen molar-refractivity contribution in [3.05, 3.63) is 35.9 Å². The minimum Gasteiger partial charge on any atom is -0.343 e.